The molecule has 198 valence electrons. The minimum atomic E-state index is -0.00897. The van der Waals surface area contributed by atoms with Gasteiger partial charge in [-0.3, -0.25) is 4.79 Å². The number of carbonyl (C=O) groups excluding carboxylic acids is 1. The Balaban J connectivity index is 1.51. The van der Waals surface area contributed by atoms with Crippen molar-refractivity contribution in [1.82, 2.24) is 14.9 Å². The Hall–Kier alpha value is -3.16. The molecule has 0 unspecified atom stereocenters. The first-order chi connectivity index (χ1) is 18.5. The molecule has 1 fully saturated rings. The summed E-state index contributed by atoms with van der Waals surface area (Å²) < 4.78 is 6.78. The van der Waals surface area contributed by atoms with Crippen LogP contribution in [0.25, 0.3) is 21.2 Å². The van der Waals surface area contributed by atoms with Gasteiger partial charge in [-0.25, -0.2) is 9.97 Å². The van der Waals surface area contributed by atoms with Gasteiger partial charge in [-0.1, -0.05) is 49.2 Å². The van der Waals surface area contributed by atoms with E-state index < -0.39 is 0 Å². The minimum absolute atomic E-state index is 0.00897. The molecule has 0 spiro atoms. The number of nitrogens with zero attached hydrogens (tertiary/aromatic N) is 3. The van der Waals surface area contributed by atoms with E-state index in [0.29, 0.717) is 22.4 Å². The molecule has 0 bridgehead atoms. The van der Waals surface area contributed by atoms with Crippen LogP contribution in [-0.2, 0) is 6.54 Å². The second-order valence-electron chi connectivity index (χ2n) is 9.83. The van der Waals surface area contributed by atoms with E-state index in [9.17, 15) is 4.79 Å². The first-order valence-electron chi connectivity index (χ1n) is 13.2. The number of nitrogens with one attached hydrogen (secondary N) is 1. The predicted molar refractivity (Wildman–Crippen MR) is 156 cm³/mol. The van der Waals surface area contributed by atoms with Gasteiger partial charge in [0.2, 0.25) is 5.95 Å². The van der Waals surface area contributed by atoms with Crippen LogP contribution >= 0.6 is 22.9 Å². The summed E-state index contributed by atoms with van der Waals surface area (Å²) in [5.41, 5.74) is 2.83. The number of hydrogen-bond donors (Lipinski definition) is 1. The zero-order valence-electron chi connectivity index (χ0n) is 22.0. The normalized spacial score (nSPS) is 17.4. The lowest BCUT2D eigenvalue weighted by molar-refractivity contribution is 0.0591. The van der Waals surface area contributed by atoms with Crippen LogP contribution in [0.1, 0.15) is 54.3 Å². The van der Waals surface area contributed by atoms with Crippen LogP contribution in [0, 0.1) is 5.92 Å². The zero-order valence-corrected chi connectivity index (χ0v) is 23.6. The largest absolute Gasteiger partial charge is 0.496 e. The second-order valence-corrected chi connectivity index (χ2v) is 11.3. The van der Waals surface area contributed by atoms with Gasteiger partial charge in [-0.2, -0.15) is 0 Å². The van der Waals surface area contributed by atoms with E-state index in [2.05, 4.69) is 28.3 Å². The molecular formula is C30H33ClN4O2S. The molecule has 1 N–H and O–H groups in total. The van der Waals surface area contributed by atoms with Crippen molar-refractivity contribution in [2.45, 2.75) is 51.6 Å². The Kier molecular flexibility index (Phi) is 8.15. The van der Waals surface area contributed by atoms with Gasteiger partial charge >= 0.3 is 0 Å². The van der Waals surface area contributed by atoms with Gasteiger partial charge in [0.1, 0.15) is 10.6 Å². The number of benzene rings is 2. The van der Waals surface area contributed by atoms with E-state index in [1.54, 1.807) is 26.6 Å². The number of rotatable bonds is 8. The molecule has 8 heteroatoms. The molecule has 6 nitrogen and oxygen atoms in total. The topological polar surface area (TPSA) is 67.3 Å². The summed E-state index contributed by atoms with van der Waals surface area (Å²) in [4.78, 5) is 25.6. The van der Waals surface area contributed by atoms with E-state index in [4.69, 9.17) is 16.3 Å². The Morgan fingerprint density at radius 1 is 1.11 bits per heavy atom. The molecule has 2 heterocycles. The third-order valence-corrected chi connectivity index (χ3v) is 9.32. The smallest absolute Gasteiger partial charge is 0.266 e. The van der Waals surface area contributed by atoms with E-state index >= 15 is 0 Å². The minimum Gasteiger partial charge on any atom is -0.496 e. The maximum atomic E-state index is 14.2. The number of hydrogen-bond acceptors (Lipinski definition) is 6. The molecule has 1 saturated carbocycles. The molecule has 0 atom stereocenters. The lowest BCUT2D eigenvalue weighted by Crippen LogP contribution is -2.41. The fourth-order valence-electron chi connectivity index (χ4n) is 5.38. The third kappa shape index (κ3) is 5.36. The fraction of sp³-hybridized carbons (Fsp3) is 0.367. The van der Waals surface area contributed by atoms with Gasteiger partial charge < -0.3 is 15.0 Å². The zero-order chi connectivity index (χ0) is 26.6. The van der Waals surface area contributed by atoms with Crippen molar-refractivity contribution in [1.29, 1.82) is 0 Å². The van der Waals surface area contributed by atoms with Crippen LogP contribution in [0.15, 0.2) is 54.9 Å². The van der Waals surface area contributed by atoms with E-state index in [1.807, 2.05) is 41.3 Å². The summed E-state index contributed by atoms with van der Waals surface area (Å²) in [5.74, 6) is 2.05. The standard InChI is InChI=1S/C30H33ClN4O2S/c1-4-19-9-12-23(13-10-19)35(29(36)28-27(31)24-7-5-6-8-26(24)38-28)18-21-15-20(11-14-25(21)37-3)22-16-33-30(32-2)34-17-22/h5-8,11,14-17,19,23H,4,9-10,12-13,18H2,1-3H3,(H,32,33,34)/t19-,23-. The first-order valence-corrected chi connectivity index (χ1v) is 14.4. The Morgan fingerprint density at radius 2 is 1.84 bits per heavy atom. The number of methoxy groups -OCH3 is 1. The van der Waals surface area contributed by atoms with Crippen molar-refractivity contribution in [3.05, 3.63) is 70.3 Å². The maximum Gasteiger partial charge on any atom is 0.266 e. The van der Waals surface area contributed by atoms with Crippen molar-refractivity contribution in [3.8, 4) is 16.9 Å². The summed E-state index contributed by atoms with van der Waals surface area (Å²) in [6.45, 7) is 2.70. The lowest BCUT2D eigenvalue weighted by atomic mass is 9.83. The first kappa shape index (κ1) is 26.4. The van der Waals surface area contributed by atoms with Gasteiger partial charge in [0.05, 0.1) is 12.1 Å². The van der Waals surface area contributed by atoms with Crippen LogP contribution in [0.2, 0.25) is 5.02 Å². The van der Waals surface area contributed by atoms with Crippen molar-refractivity contribution in [2.24, 2.45) is 5.92 Å². The van der Waals surface area contributed by atoms with Gasteiger partial charge in [-0.05, 0) is 55.4 Å². The molecule has 0 radical (unpaired) electrons. The summed E-state index contributed by atoms with van der Waals surface area (Å²) in [6.07, 6.45) is 9.05. The average molecular weight is 549 g/mol. The second kappa shape index (κ2) is 11.7. The van der Waals surface area contributed by atoms with Crippen molar-refractivity contribution in [2.75, 3.05) is 19.5 Å². The summed E-state index contributed by atoms with van der Waals surface area (Å²) in [6, 6.07) is 14.1. The number of halogens is 1. The van der Waals surface area contributed by atoms with Gasteiger partial charge in [-0.15, -0.1) is 11.3 Å². The Morgan fingerprint density at radius 3 is 2.50 bits per heavy atom. The van der Waals surface area contributed by atoms with E-state index in [1.165, 1.54) is 17.8 Å². The van der Waals surface area contributed by atoms with Crippen LogP contribution in [0.5, 0.6) is 5.75 Å². The van der Waals surface area contributed by atoms with Gasteiger partial charge in [0.15, 0.2) is 0 Å². The Labute approximate surface area is 233 Å². The molecule has 2 aromatic heterocycles. The van der Waals surface area contributed by atoms with Gasteiger partial charge in [0.25, 0.3) is 5.91 Å². The number of thiophene rings is 1. The molecule has 2 aromatic carbocycles. The molecule has 1 aliphatic carbocycles. The van der Waals surface area contributed by atoms with Crippen LogP contribution in [0.4, 0.5) is 5.95 Å². The van der Waals surface area contributed by atoms with Crippen LogP contribution in [0.3, 0.4) is 0 Å². The highest BCUT2D eigenvalue weighted by atomic mass is 35.5. The quantitative estimate of drug-likeness (QED) is 0.244. The van der Waals surface area contributed by atoms with Crippen LogP contribution in [-0.4, -0.2) is 41.0 Å². The SMILES string of the molecule is CC[C@H]1CC[C@H](N(Cc2cc(-c3cnc(NC)nc3)ccc2OC)C(=O)c2sc3ccccc3c2Cl)CC1. The Bertz CT molecular complexity index is 1410. The molecular weight excluding hydrogens is 516 g/mol. The highest BCUT2D eigenvalue weighted by molar-refractivity contribution is 7.21. The number of fused-ring (bicyclic) bond motifs is 1. The van der Waals surface area contributed by atoms with E-state index in [-0.39, 0.29) is 11.9 Å². The molecule has 0 saturated heterocycles. The van der Waals surface area contributed by atoms with Crippen molar-refractivity contribution < 1.29 is 9.53 Å². The highest BCUT2D eigenvalue weighted by Crippen LogP contribution is 2.39. The van der Waals surface area contributed by atoms with Crippen LogP contribution < -0.4 is 10.1 Å². The fourth-order valence-corrected chi connectivity index (χ4v) is 6.85. The van der Waals surface area contributed by atoms with Crippen molar-refractivity contribution in [3.63, 3.8) is 0 Å². The number of anilines is 1. The highest BCUT2D eigenvalue weighted by Gasteiger charge is 2.32. The maximum absolute atomic E-state index is 14.2. The number of carbonyl (C=O) groups is 1. The molecule has 1 aliphatic rings. The van der Waals surface area contributed by atoms with Crippen molar-refractivity contribution >= 4 is 44.9 Å². The van der Waals surface area contributed by atoms with Gasteiger partial charge in [0, 0.05) is 53.2 Å². The summed E-state index contributed by atoms with van der Waals surface area (Å²) >= 11 is 8.27. The summed E-state index contributed by atoms with van der Waals surface area (Å²) in [7, 11) is 3.47. The predicted octanol–water partition coefficient (Wildman–Crippen LogP) is 7.67. The average Bonchev–Trinajstić information content (AvgIpc) is 3.32. The number of aromatic nitrogens is 2. The lowest BCUT2D eigenvalue weighted by Gasteiger charge is -2.37. The third-order valence-electron chi connectivity index (χ3n) is 7.65. The molecule has 0 aliphatic heterocycles. The van der Waals surface area contributed by atoms with E-state index in [0.717, 1.165) is 64.1 Å². The molecule has 38 heavy (non-hydrogen) atoms. The number of ether oxygens (including phenoxy) is 1. The summed E-state index contributed by atoms with van der Waals surface area (Å²) in [5, 5.41) is 4.43. The monoisotopic (exact) mass is 548 g/mol. The molecule has 5 rings (SSSR count). The molecule has 4 aromatic rings. The number of amides is 1. The molecule has 1 amide bonds.